The van der Waals surface area contributed by atoms with E-state index in [9.17, 15) is 18.0 Å². The Labute approximate surface area is 152 Å². The topological polar surface area (TPSA) is 41.9 Å². The Morgan fingerprint density at radius 2 is 1.92 bits per heavy atom. The van der Waals surface area contributed by atoms with Crippen LogP contribution in [0.4, 0.5) is 18.9 Å². The molecule has 0 bridgehead atoms. The maximum absolute atomic E-state index is 12.9. The molecule has 0 aliphatic carbocycles. The molecule has 1 aliphatic rings. The highest BCUT2D eigenvalue weighted by atomic mass is 32.2. The van der Waals surface area contributed by atoms with Crippen LogP contribution in [-0.2, 0) is 17.5 Å². The van der Waals surface area contributed by atoms with Gasteiger partial charge in [-0.05, 0) is 42.0 Å². The summed E-state index contributed by atoms with van der Waals surface area (Å²) in [5.41, 5.74) is 0.304. The minimum absolute atomic E-state index is 0.0464. The average Bonchev–Trinajstić information content (AvgIpc) is 2.95. The number of thioether (sulfide) groups is 1. The van der Waals surface area contributed by atoms with Gasteiger partial charge in [0.2, 0.25) is 5.91 Å². The fourth-order valence-corrected chi connectivity index (χ4v) is 3.33. The maximum atomic E-state index is 12.9. The largest absolute Gasteiger partial charge is 0.497 e. The Bertz CT molecular complexity index is 835. The molecule has 4 nitrogen and oxygen atoms in total. The number of halogens is 3. The number of amides is 1. The lowest BCUT2D eigenvalue weighted by Crippen LogP contribution is -2.29. The molecule has 26 heavy (non-hydrogen) atoms. The van der Waals surface area contributed by atoms with Crippen molar-refractivity contribution in [2.45, 2.75) is 12.7 Å². The molecule has 1 heterocycles. The molecule has 0 aromatic heterocycles. The number of alkyl halides is 3. The van der Waals surface area contributed by atoms with Gasteiger partial charge in [0.25, 0.3) is 0 Å². The third-order valence-electron chi connectivity index (χ3n) is 3.75. The fourth-order valence-electron chi connectivity index (χ4n) is 2.43. The van der Waals surface area contributed by atoms with E-state index in [4.69, 9.17) is 4.74 Å². The van der Waals surface area contributed by atoms with Crippen molar-refractivity contribution in [1.29, 1.82) is 0 Å². The van der Waals surface area contributed by atoms with Gasteiger partial charge in [-0.25, -0.2) is 4.99 Å². The highest BCUT2D eigenvalue weighted by Gasteiger charge is 2.32. The van der Waals surface area contributed by atoms with Gasteiger partial charge in [-0.1, -0.05) is 23.9 Å². The van der Waals surface area contributed by atoms with Gasteiger partial charge in [0.05, 0.1) is 30.7 Å². The second-order valence-electron chi connectivity index (χ2n) is 5.56. The van der Waals surface area contributed by atoms with E-state index in [1.54, 1.807) is 37.4 Å². The number of carbonyl (C=O) groups excluding carboxylic acids is 1. The van der Waals surface area contributed by atoms with Crippen molar-refractivity contribution in [1.82, 2.24) is 4.90 Å². The minimum atomic E-state index is -4.42. The van der Waals surface area contributed by atoms with E-state index in [0.29, 0.717) is 22.2 Å². The Morgan fingerprint density at radius 1 is 1.19 bits per heavy atom. The van der Waals surface area contributed by atoms with Gasteiger partial charge in [-0.2, -0.15) is 13.2 Å². The molecule has 0 spiro atoms. The fraction of sp³-hybridized carbons (Fsp3) is 0.222. The van der Waals surface area contributed by atoms with E-state index in [0.717, 1.165) is 12.1 Å². The lowest BCUT2D eigenvalue weighted by Gasteiger charge is -2.17. The van der Waals surface area contributed by atoms with E-state index < -0.39 is 11.7 Å². The molecule has 1 amide bonds. The van der Waals surface area contributed by atoms with Crippen molar-refractivity contribution >= 4 is 28.5 Å². The van der Waals surface area contributed by atoms with Gasteiger partial charge in [0, 0.05) is 0 Å². The first-order valence-electron chi connectivity index (χ1n) is 7.69. The van der Waals surface area contributed by atoms with E-state index >= 15 is 0 Å². The number of methoxy groups -OCH3 is 1. The summed E-state index contributed by atoms with van der Waals surface area (Å²) in [4.78, 5) is 18.0. The Kier molecular flexibility index (Phi) is 5.22. The number of benzene rings is 2. The lowest BCUT2D eigenvalue weighted by molar-refractivity contribution is -0.137. The summed E-state index contributed by atoms with van der Waals surface area (Å²) in [5, 5.41) is 0.470. The summed E-state index contributed by atoms with van der Waals surface area (Å²) < 4.78 is 43.7. The summed E-state index contributed by atoms with van der Waals surface area (Å²) in [5.74, 6) is 0.720. The predicted octanol–water partition coefficient (Wildman–Crippen LogP) is 4.48. The van der Waals surface area contributed by atoms with Crippen molar-refractivity contribution in [2.24, 2.45) is 4.99 Å². The lowest BCUT2D eigenvalue weighted by atomic mass is 10.1. The van der Waals surface area contributed by atoms with Gasteiger partial charge in [-0.15, -0.1) is 0 Å². The van der Waals surface area contributed by atoms with Gasteiger partial charge in [0.1, 0.15) is 5.75 Å². The number of nitrogens with zero attached hydrogens (tertiary/aromatic N) is 2. The summed E-state index contributed by atoms with van der Waals surface area (Å²) in [7, 11) is 1.56. The first kappa shape index (κ1) is 18.3. The van der Waals surface area contributed by atoms with Crippen LogP contribution in [0.3, 0.4) is 0 Å². The van der Waals surface area contributed by atoms with Crippen molar-refractivity contribution in [2.75, 3.05) is 12.9 Å². The van der Waals surface area contributed by atoms with Gasteiger partial charge < -0.3 is 4.74 Å². The van der Waals surface area contributed by atoms with Crippen LogP contribution in [0.15, 0.2) is 53.5 Å². The SMILES string of the molecule is COc1ccc(N=C2SCC(=O)N2Cc2cccc(C(F)(F)F)c2)cc1. The summed E-state index contributed by atoms with van der Waals surface area (Å²) >= 11 is 1.27. The zero-order valence-corrected chi connectivity index (χ0v) is 14.6. The molecule has 0 atom stereocenters. The van der Waals surface area contributed by atoms with Gasteiger partial charge in [-0.3, -0.25) is 9.69 Å². The van der Waals surface area contributed by atoms with Crippen LogP contribution < -0.4 is 4.74 Å². The molecule has 136 valence electrons. The van der Waals surface area contributed by atoms with Crippen molar-refractivity contribution in [3.05, 3.63) is 59.7 Å². The third kappa shape index (κ3) is 4.19. The molecule has 2 aromatic rings. The molecule has 0 N–H and O–H groups in total. The molecular weight excluding hydrogens is 365 g/mol. The summed E-state index contributed by atoms with van der Waals surface area (Å²) in [6, 6.07) is 12.0. The average molecular weight is 380 g/mol. The van der Waals surface area contributed by atoms with Gasteiger partial charge >= 0.3 is 6.18 Å². The van der Waals surface area contributed by atoms with E-state index in [1.807, 2.05) is 0 Å². The number of amidine groups is 1. The molecule has 3 rings (SSSR count). The monoisotopic (exact) mass is 380 g/mol. The molecular formula is C18H15F3N2O2S. The molecule has 0 saturated carbocycles. The van der Waals surface area contributed by atoms with Crippen LogP contribution >= 0.6 is 11.8 Å². The highest BCUT2D eigenvalue weighted by molar-refractivity contribution is 8.15. The smallest absolute Gasteiger partial charge is 0.416 e. The van der Waals surface area contributed by atoms with Crippen LogP contribution in [0.2, 0.25) is 0 Å². The quantitative estimate of drug-likeness (QED) is 0.786. The van der Waals surface area contributed by atoms with Crippen molar-refractivity contribution < 1.29 is 22.7 Å². The Morgan fingerprint density at radius 3 is 2.58 bits per heavy atom. The molecule has 1 saturated heterocycles. The first-order valence-corrected chi connectivity index (χ1v) is 8.67. The van der Waals surface area contributed by atoms with Crippen molar-refractivity contribution in [3.63, 3.8) is 0 Å². The van der Waals surface area contributed by atoms with E-state index in [2.05, 4.69) is 4.99 Å². The second-order valence-corrected chi connectivity index (χ2v) is 6.50. The Balaban J connectivity index is 1.83. The standard InChI is InChI=1S/C18H15F3N2O2S/c1-25-15-7-5-14(6-8-15)22-17-23(16(24)11-26-17)10-12-3-2-4-13(9-12)18(19,20)21/h2-9H,10-11H2,1H3. The zero-order chi connectivity index (χ0) is 18.7. The number of aliphatic imine (C=N–C) groups is 1. The zero-order valence-electron chi connectivity index (χ0n) is 13.8. The highest BCUT2D eigenvalue weighted by Crippen LogP contribution is 2.31. The number of carbonyl (C=O) groups is 1. The minimum Gasteiger partial charge on any atom is -0.497 e. The van der Waals surface area contributed by atoms with Crippen LogP contribution in [0.5, 0.6) is 5.75 Å². The number of ether oxygens (including phenoxy) is 1. The number of hydrogen-bond acceptors (Lipinski definition) is 4. The van der Waals surface area contributed by atoms with Gasteiger partial charge in [0.15, 0.2) is 5.17 Å². The summed E-state index contributed by atoms with van der Waals surface area (Å²) in [6.07, 6.45) is -4.42. The normalized spacial score (nSPS) is 16.4. The molecule has 1 aliphatic heterocycles. The first-order chi connectivity index (χ1) is 12.4. The van der Waals surface area contributed by atoms with Crippen LogP contribution in [-0.4, -0.2) is 28.8 Å². The maximum Gasteiger partial charge on any atom is 0.416 e. The molecule has 0 radical (unpaired) electrons. The number of hydrogen-bond donors (Lipinski definition) is 0. The van der Waals surface area contributed by atoms with Crippen molar-refractivity contribution in [3.8, 4) is 5.75 Å². The van der Waals surface area contributed by atoms with Crippen LogP contribution in [0.25, 0.3) is 0 Å². The van der Waals surface area contributed by atoms with Crippen LogP contribution in [0, 0.1) is 0 Å². The molecule has 2 aromatic carbocycles. The third-order valence-corrected chi connectivity index (χ3v) is 4.71. The number of rotatable bonds is 4. The van der Waals surface area contributed by atoms with Crippen LogP contribution in [0.1, 0.15) is 11.1 Å². The molecule has 0 unspecified atom stereocenters. The second kappa shape index (κ2) is 7.41. The molecule has 1 fully saturated rings. The Hall–Kier alpha value is -2.48. The summed E-state index contributed by atoms with van der Waals surface area (Å²) in [6.45, 7) is 0.0464. The molecule has 8 heteroatoms. The van der Waals surface area contributed by atoms with E-state index in [1.165, 1.54) is 22.7 Å². The predicted molar refractivity (Wildman–Crippen MR) is 94.5 cm³/mol. The van der Waals surface area contributed by atoms with E-state index in [-0.39, 0.29) is 18.2 Å².